The van der Waals surface area contributed by atoms with E-state index in [1.807, 2.05) is 31.3 Å². The van der Waals surface area contributed by atoms with Crippen molar-refractivity contribution in [1.29, 1.82) is 0 Å². The van der Waals surface area contributed by atoms with Crippen LogP contribution in [0.4, 0.5) is 0 Å². The molecule has 138 valence electrons. The Morgan fingerprint density at radius 3 is 2.64 bits per heavy atom. The van der Waals surface area contributed by atoms with Gasteiger partial charge >= 0.3 is 0 Å². The Balaban J connectivity index is 1.80. The van der Waals surface area contributed by atoms with Crippen LogP contribution < -0.4 is 15.0 Å². The highest BCUT2D eigenvalue weighted by atomic mass is 35.5. The molecule has 2 N–H and O–H groups in total. The predicted molar refractivity (Wildman–Crippen MR) is 97.8 cm³/mol. The van der Waals surface area contributed by atoms with E-state index in [2.05, 4.69) is 11.9 Å². The predicted octanol–water partition coefficient (Wildman–Crippen LogP) is -0.213. The molecule has 1 heterocycles. The topological polar surface area (TPSA) is 76.9 Å². The molecule has 3 atom stereocenters. The summed E-state index contributed by atoms with van der Waals surface area (Å²) in [5, 5.41) is 2.17. The van der Waals surface area contributed by atoms with Crippen molar-refractivity contribution in [3.63, 3.8) is 0 Å². The molecule has 1 saturated heterocycles. The number of sulfone groups is 1. The molecule has 1 aromatic carbocycles. The van der Waals surface area contributed by atoms with Gasteiger partial charge in [-0.15, -0.1) is 11.6 Å². The first kappa shape index (κ1) is 19.8. The van der Waals surface area contributed by atoms with Crippen LogP contribution in [0.15, 0.2) is 36.9 Å². The minimum atomic E-state index is -3.15. The third kappa shape index (κ3) is 6.34. The summed E-state index contributed by atoms with van der Waals surface area (Å²) >= 11 is 6.01. The van der Waals surface area contributed by atoms with Crippen LogP contribution in [-0.4, -0.2) is 57.4 Å². The first-order valence-corrected chi connectivity index (χ1v) is 10.3. The molecular weight excluding hydrogens is 364 g/mol. The fourth-order valence-electron chi connectivity index (χ4n) is 2.74. The number of carbonyl (C=O) groups is 1. The number of quaternary nitrogens is 1. The molecule has 25 heavy (non-hydrogen) atoms. The summed E-state index contributed by atoms with van der Waals surface area (Å²) in [7, 11) is -1.24. The number of nitrogens with one attached hydrogen (secondary N) is 2. The van der Waals surface area contributed by atoms with E-state index in [1.54, 1.807) is 6.08 Å². The Kier molecular flexibility index (Phi) is 6.87. The molecule has 0 bridgehead atoms. The number of rotatable bonds is 8. The maximum Gasteiger partial charge on any atom is 0.275 e. The number of hydrogen-bond acceptors (Lipinski definition) is 4. The third-order valence-corrected chi connectivity index (χ3v) is 6.26. The second kappa shape index (κ2) is 8.69. The van der Waals surface area contributed by atoms with Gasteiger partial charge in [-0.2, -0.15) is 0 Å². The fraction of sp³-hybridized carbons (Fsp3) is 0.471. The van der Waals surface area contributed by atoms with Crippen LogP contribution in [0.25, 0.3) is 0 Å². The summed E-state index contributed by atoms with van der Waals surface area (Å²) in [6.07, 6.45) is 1.69. The van der Waals surface area contributed by atoms with Crippen molar-refractivity contribution < 1.29 is 22.8 Å². The van der Waals surface area contributed by atoms with Crippen LogP contribution >= 0.6 is 11.6 Å². The minimum Gasteiger partial charge on any atom is -0.490 e. The van der Waals surface area contributed by atoms with E-state index in [-0.39, 0.29) is 24.0 Å². The number of carbonyl (C=O) groups excluding carboxylic acids is 1. The Bertz CT molecular complexity index is 706. The lowest BCUT2D eigenvalue weighted by Gasteiger charge is -2.17. The highest BCUT2D eigenvalue weighted by Crippen LogP contribution is 2.17. The number of halogens is 1. The maximum atomic E-state index is 12.1. The van der Waals surface area contributed by atoms with Crippen molar-refractivity contribution in [2.24, 2.45) is 0 Å². The van der Waals surface area contributed by atoms with E-state index in [9.17, 15) is 13.2 Å². The molecule has 1 aliphatic rings. The average molecular weight is 388 g/mol. The highest BCUT2D eigenvalue weighted by Gasteiger charge is 2.37. The molecule has 0 radical (unpaired) electrons. The molecular formula is C17H24ClN2O4S+. The lowest BCUT2D eigenvalue weighted by molar-refractivity contribution is -0.885. The molecule has 1 fully saturated rings. The van der Waals surface area contributed by atoms with Crippen molar-refractivity contribution >= 4 is 27.3 Å². The molecule has 8 heteroatoms. The summed E-state index contributed by atoms with van der Waals surface area (Å²) in [6, 6.07) is 7.17. The third-order valence-electron chi connectivity index (χ3n) is 3.89. The molecule has 0 spiro atoms. The summed E-state index contributed by atoms with van der Waals surface area (Å²) in [5.41, 5.74) is 1.08. The summed E-state index contributed by atoms with van der Waals surface area (Å²) < 4.78 is 28.5. The molecule has 6 nitrogen and oxygen atoms in total. The van der Waals surface area contributed by atoms with Crippen LogP contribution in [-0.2, 0) is 21.2 Å². The second-order valence-electron chi connectivity index (χ2n) is 6.32. The zero-order chi connectivity index (χ0) is 18.4. The number of likely N-dealkylation sites (N-methyl/N-ethyl adjacent to an activating group) is 1. The van der Waals surface area contributed by atoms with Gasteiger partial charge in [-0.25, -0.2) is 8.42 Å². The Hall–Kier alpha value is -1.57. The standard InChI is InChI=1S/C17H23ClN2O4S/c1-3-8-24-14-6-4-13(5-7-14)9-20(2)10-17(21)19-16-12-25(22,23)11-15(16)18/h3-7,15-16H,1,8-12H2,2H3,(H,19,21)/p+1/t15-,16+/m0/s1. The lowest BCUT2D eigenvalue weighted by atomic mass is 10.2. The number of amides is 1. The first-order valence-electron chi connectivity index (χ1n) is 8.07. The van der Waals surface area contributed by atoms with Crippen molar-refractivity contribution in [1.82, 2.24) is 5.32 Å². The highest BCUT2D eigenvalue weighted by molar-refractivity contribution is 7.91. The van der Waals surface area contributed by atoms with Gasteiger partial charge in [-0.3, -0.25) is 4.79 Å². The molecule has 2 rings (SSSR count). The van der Waals surface area contributed by atoms with E-state index in [0.717, 1.165) is 16.2 Å². The summed E-state index contributed by atoms with van der Waals surface area (Å²) in [5.74, 6) is 0.409. The maximum absolute atomic E-state index is 12.1. The molecule has 1 aromatic rings. The van der Waals surface area contributed by atoms with Gasteiger partial charge in [0.1, 0.15) is 18.9 Å². The van der Waals surface area contributed by atoms with Gasteiger partial charge in [0, 0.05) is 5.56 Å². The van der Waals surface area contributed by atoms with Crippen LogP contribution in [0.2, 0.25) is 0 Å². The van der Waals surface area contributed by atoms with Gasteiger partial charge in [-0.05, 0) is 24.3 Å². The van der Waals surface area contributed by atoms with E-state index >= 15 is 0 Å². The Morgan fingerprint density at radius 2 is 2.08 bits per heavy atom. The van der Waals surface area contributed by atoms with Crippen LogP contribution in [0.5, 0.6) is 5.75 Å². The fourth-order valence-corrected chi connectivity index (χ4v) is 5.29. The van der Waals surface area contributed by atoms with E-state index in [4.69, 9.17) is 16.3 Å². The van der Waals surface area contributed by atoms with Gasteiger partial charge < -0.3 is 15.0 Å². The molecule has 1 unspecified atom stereocenters. The van der Waals surface area contributed by atoms with Crippen molar-refractivity contribution in [3.8, 4) is 5.75 Å². The Morgan fingerprint density at radius 1 is 1.40 bits per heavy atom. The lowest BCUT2D eigenvalue weighted by Crippen LogP contribution is -3.09. The molecule has 0 saturated carbocycles. The molecule has 1 aliphatic heterocycles. The van der Waals surface area contributed by atoms with Crippen molar-refractivity contribution in [3.05, 3.63) is 42.5 Å². The largest absolute Gasteiger partial charge is 0.490 e. The molecule has 0 aliphatic carbocycles. The monoisotopic (exact) mass is 387 g/mol. The van der Waals surface area contributed by atoms with Crippen molar-refractivity contribution in [2.75, 3.05) is 31.7 Å². The van der Waals surface area contributed by atoms with E-state index in [1.165, 1.54) is 0 Å². The van der Waals surface area contributed by atoms with Gasteiger partial charge in [0.15, 0.2) is 16.4 Å². The number of alkyl halides is 1. The first-order chi connectivity index (χ1) is 11.8. The zero-order valence-corrected chi connectivity index (χ0v) is 15.8. The molecule has 1 amide bonds. The SMILES string of the molecule is C=CCOc1ccc(C[NH+](C)CC(=O)N[C@@H]2CS(=O)(=O)C[C@@H]2Cl)cc1. The van der Waals surface area contributed by atoms with Crippen molar-refractivity contribution in [2.45, 2.75) is 18.0 Å². The van der Waals surface area contributed by atoms with Crippen LogP contribution in [0, 0.1) is 0 Å². The average Bonchev–Trinajstić information content (AvgIpc) is 2.78. The minimum absolute atomic E-state index is 0.0809. The second-order valence-corrected chi connectivity index (χ2v) is 9.04. The van der Waals surface area contributed by atoms with E-state index in [0.29, 0.717) is 13.2 Å². The van der Waals surface area contributed by atoms with Gasteiger partial charge in [0.05, 0.1) is 30.0 Å². The summed E-state index contributed by atoms with van der Waals surface area (Å²) in [6.45, 7) is 4.98. The van der Waals surface area contributed by atoms with Gasteiger partial charge in [0.25, 0.3) is 5.91 Å². The number of hydrogen-bond donors (Lipinski definition) is 2. The number of ether oxygens (including phenoxy) is 1. The Labute approximate surface area is 153 Å². The smallest absolute Gasteiger partial charge is 0.275 e. The van der Waals surface area contributed by atoms with Crippen LogP contribution in [0.3, 0.4) is 0 Å². The normalized spacial score (nSPS) is 23.0. The van der Waals surface area contributed by atoms with Crippen LogP contribution in [0.1, 0.15) is 5.56 Å². The summed E-state index contributed by atoms with van der Waals surface area (Å²) in [4.78, 5) is 13.1. The zero-order valence-electron chi connectivity index (χ0n) is 14.2. The van der Waals surface area contributed by atoms with Gasteiger partial charge in [0.2, 0.25) is 0 Å². The number of benzene rings is 1. The quantitative estimate of drug-likeness (QED) is 0.478. The van der Waals surface area contributed by atoms with E-state index < -0.39 is 21.3 Å². The molecule has 0 aromatic heterocycles. The van der Waals surface area contributed by atoms with Gasteiger partial charge in [-0.1, -0.05) is 12.7 Å².